The van der Waals surface area contributed by atoms with Gasteiger partial charge in [-0.15, -0.1) is 6.58 Å². The second kappa shape index (κ2) is 11.0. The Morgan fingerprint density at radius 2 is 1.84 bits per heavy atom. The number of benzene rings is 2. The van der Waals surface area contributed by atoms with Gasteiger partial charge in [0.15, 0.2) is 0 Å². The number of pyridine rings is 1. The normalized spacial score (nSPS) is 24.4. The maximum absolute atomic E-state index is 13.3. The molecule has 1 aliphatic carbocycles. The highest BCUT2D eigenvalue weighted by molar-refractivity contribution is 6.30. The van der Waals surface area contributed by atoms with Crippen molar-refractivity contribution in [2.24, 2.45) is 5.41 Å². The monoisotopic (exact) mass is 532 g/mol. The van der Waals surface area contributed by atoms with Crippen LogP contribution in [0.1, 0.15) is 85.7 Å². The first-order valence-electron chi connectivity index (χ1n) is 13.3. The van der Waals surface area contributed by atoms with Crippen molar-refractivity contribution >= 4 is 29.1 Å². The summed E-state index contributed by atoms with van der Waals surface area (Å²) in [6, 6.07) is 22.6. The van der Waals surface area contributed by atoms with E-state index < -0.39 is 5.41 Å². The molecule has 0 spiro atoms. The molecule has 4 atom stereocenters. The van der Waals surface area contributed by atoms with Crippen LogP contribution in [0.2, 0.25) is 10.0 Å². The van der Waals surface area contributed by atoms with Gasteiger partial charge in [-0.25, -0.2) is 0 Å². The van der Waals surface area contributed by atoms with E-state index in [0.29, 0.717) is 12.3 Å². The molecule has 2 aromatic carbocycles. The summed E-state index contributed by atoms with van der Waals surface area (Å²) in [4.78, 5) is 18.4. The Hall–Kier alpha value is -2.62. The van der Waals surface area contributed by atoms with E-state index in [1.165, 1.54) is 29.7 Å². The minimum absolute atomic E-state index is 0.00488. The molecule has 1 amide bonds. The molecule has 37 heavy (non-hydrogen) atoms. The van der Waals surface area contributed by atoms with E-state index in [4.69, 9.17) is 28.2 Å². The summed E-state index contributed by atoms with van der Waals surface area (Å²) in [5.41, 5.74) is 4.16. The Kier molecular flexibility index (Phi) is 7.74. The molecular formula is C32H34Cl2N2O. The molecule has 3 aromatic rings. The zero-order chi connectivity index (χ0) is 26.0. The van der Waals surface area contributed by atoms with E-state index in [9.17, 15) is 4.79 Å². The number of carbonyl (C=O) groups excluding carboxylic acids is 1. The van der Waals surface area contributed by atoms with Gasteiger partial charge in [-0.05, 0) is 86.1 Å². The lowest BCUT2D eigenvalue weighted by molar-refractivity contribution is -0.134. The first-order chi connectivity index (χ1) is 17.9. The summed E-state index contributed by atoms with van der Waals surface area (Å²) in [5, 5.41) is 4.84. The lowest BCUT2D eigenvalue weighted by Crippen LogP contribution is -2.53. The molecule has 5 heteroatoms. The van der Waals surface area contributed by atoms with Crippen molar-refractivity contribution in [1.29, 1.82) is 0 Å². The minimum atomic E-state index is -0.485. The third-order valence-electron chi connectivity index (χ3n) is 8.08. The number of amides is 1. The summed E-state index contributed by atoms with van der Waals surface area (Å²) in [6.45, 7) is 5.95. The molecule has 0 radical (unpaired) electrons. The Morgan fingerprint density at radius 3 is 2.54 bits per heavy atom. The fraction of sp³-hybridized carbons (Fsp3) is 0.375. The minimum Gasteiger partial charge on any atom is -0.352 e. The maximum Gasteiger partial charge on any atom is 0.226 e. The van der Waals surface area contributed by atoms with Crippen molar-refractivity contribution < 1.29 is 4.79 Å². The molecule has 1 N–H and O–H groups in total. The Balaban J connectivity index is 1.44. The van der Waals surface area contributed by atoms with E-state index in [1.807, 2.05) is 43.3 Å². The quantitative estimate of drug-likeness (QED) is 0.281. The second-order valence-electron chi connectivity index (χ2n) is 10.9. The zero-order valence-electron chi connectivity index (χ0n) is 21.3. The number of carbonyl (C=O) groups is 1. The summed E-state index contributed by atoms with van der Waals surface area (Å²) in [7, 11) is 0. The Bertz CT molecular complexity index is 1270. The number of nitrogens with one attached hydrogen (secondary N) is 1. The number of allylic oxidation sites excluding steroid dienone is 1. The number of piperidine rings is 1. The summed E-state index contributed by atoms with van der Waals surface area (Å²) in [5.74, 6) is 0.984. The van der Waals surface area contributed by atoms with Crippen LogP contribution in [0.5, 0.6) is 0 Å². The molecule has 2 fully saturated rings. The number of halogens is 2. The molecule has 192 valence electrons. The molecule has 1 saturated carbocycles. The average molecular weight is 534 g/mol. The van der Waals surface area contributed by atoms with Gasteiger partial charge in [0.2, 0.25) is 5.91 Å². The van der Waals surface area contributed by atoms with E-state index in [2.05, 4.69) is 48.3 Å². The van der Waals surface area contributed by atoms with Crippen molar-refractivity contribution in [1.82, 2.24) is 10.3 Å². The van der Waals surface area contributed by atoms with Gasteiger partial charge in [0.1, 0.15) is 0 Å². The third kappa shape index (κ3) is 5.94. The highest BCUT2D eigenvalue weighted by atomic mass is 35.5. The molecule has 1 saturated heterocycles. The van der Waals surface area contributed by atoms with E-state index >= 15 is 0 Å². The summed E-state index contributed by atoms with van der Waals surface area (Å²) < 4.78 is 0. The van der Waals surface area contributed by atoms with Gasteiger partial charge in [-0.1, -0.05) is 66.5 Å². The average Bonchev–Trinajstić information content (AvgIpc) is 3.73. The molecule has 5 rings (SSSR count). The molecule has 2 aliphatic rings. The van der Waals surface area contributed by atoms with Gasteiger partial charge in [0.05, 0.1) is 5.41 Å². The van der Waals surface area contributed by atoms with Gasteiger partial charge >= 0.3 is 0 Å². The SMILES string of the molecule is C=CC[C@@]1(C)C[C@H](c2cccc(Cl)c2)[C@H](CC[C@H](c2ccc(Cl)cc2)c2cccc(C3CC3)n2)NC1=O. The number of hydrogen-bond acceptors (Lipinski definition) is 2. The van der Waals surface area contributed by atoms with Crippen molar-refractivity contribution in [3.8, 4) is 0 Å². The standard InChI is InChI=1S/C32H34Cl2N2O/c1-3-18-32(2)20-27(23-6-4-7-25(34)19-23)30(36-31(32)37)17-16-26(21-12-14-24(33)15-13-21)29-9-5-8-28(35-29)22-10-11-22/h3-9,12-15,19,22,26-27,30H,1,10-11,16-18,20H2,2H3,(H,36,37)/t26-,27-,30+,32+/m1/s1. The summed E-state index contributed by atoms with van der Waals surface area (Å²) in [6.07, 6.45) is 7.40. The van der Waals surface area contributed by atoms with E-state index in [0.717, 1.165) is 35.0 Å². The van der Waals surface area contributed by atoms with Gasteiger partial charge in [0.25, 0.3) is 0 Å². The molecular weight excluding hydrogens is 499 g/mol. The highest BCUT2D eigenvalue weighted by Gasteiger charge is 2.43. The Morgan fingerprint density at radius 1 is 1.08 bits per heavy atom. The van der Waals surface area contributed by atoms with Crippen LogP contribution >= 0.6 is 23.2 Å². The van der Waals surface area contributed by atoms with Crippen molar-refractivity contribution in [2.75, 3.05) is 0 Å². The van der Waals surface area contributed by atoms with Crippen molar-refractivity contribution in [3.05, 3.63) is 112 Å². The van der Waals surface area contributed by atoms with Crippen LogP contribution < -0.4 is 5.32 Å². The molecule has 1 aliphatic heterocycles. The highest BCUT2D eigenvalue weighted by Crippen LogP contribution is 2.44. The fourth-order valence-electron chi connectivity index (χ4n) is 5.81. The van der Waals surface area contributed by atoms with Crippen LogP contribution in [0.25, 0.3) is 0 Å². The van der Waals surface area contributed by atoms with Gasteiger partial charge in [-0.3, -0.25) is 9.78 Å². The lowest BCUT2D eigenvalue weighted by Gasteiger charge is -2.43. The largest absolute Gasteiger partial charge is 0.352 e. The number of rotatable bonds is 9. The fourth-order valence-corrected chi connectivity index (χ4v) is 6.14. The Labute approximate surface area is 230 Å². The van der Waals surface area contributed by atoms with Crippen LogP contribution in [0, 0.1) is 5.41 Å². The first kappa shape index (κ1) is 26.0. The lowest BCUT2D eigenvalue weighted by atomic mass is 9.68. The van der Waals surface area contributed by atoms with E-state index in [1.54, 1.807) is 0 Å². The van der Waals surface area contributed by atoms with E-state index in [-0.39, 0.29) is 23.8 Å². The predicted molar refractivity (Wildman–Crippen MR) is 152 cm³/mol. The molecule has 2 heterocycles. The second-order valence-corrected chi connectivity index (χ2v) is 11.8. The van der Waals surface area contributed by atoms with Gasteiger partial charge in [-0.2, -0.15) is 0 Å². The summed E-state index contributed by atoms with van der Waals surface area (Å²) >= 11 is 12.6. The molecule has 0 unspecified atom stereocenters. The van der Waals surface area contributed by atoms with Crippen LogP contribution in [-0.2, 0) is 4.79 Å². The van der Waals surface area contributed by atoms with Gasteiger partial charge < -0.3 is 5.32 Å². The molecule has 1 aromatic heterocycles. The number of nitrogens with zero attached hydrogens (tertiary/aromatic N) is 1. The molecule has 3 nitrogen and oxygen atoms in total. The predicted octanol–water partition coefficient (Wildman–Crippen LogP) is 8.43. The number of hydrogen-bond donors (Lipinski definition) is 1. The molecule has 0 bridgehead atoms. The maximum atomic E-state index is 13.3. The van der Waals surface area contributed by atoms with Crippen LogP contribution in [0.4, 0.5) is 0 Å². The van der Waals surface area contributed by atoms with Gasteiger partial charge in [0, 0.05) is 45.2 Å². The topological polar surface area (TPSA) is 42.0 Å². The van der Waals surface area contributed by atoms with Crippen molar-refractivity contribution in [3.63, 3.8) is 0 Å². The zero-order valence-corrected chi connectivity index (χ0v) is 22.8. The van der Waals surface area contributed by atoms with Crippen LogP contribution in [0.15, 0.2) is 79.4 Å². The van der Waals surface area contributed by atoms with Crippen LogP contribution in [-0.4, -0.2) is 16.9 Å². The van der Waals surface area contributed by atoms with Crippen LogP contribution in [0.3, 0.4) is 0 Å². The number of aromatic nitrogens is 1. The first-order valence-corrected chi connectivity index (χ1v) is 14.0. The van der Waals surface area contributed by atoms with Crippen molar-refractivity contribution in [2.45, 2.75) is 69.2 Å². The third-order valence-corrected chi connectivity index (χ3v) is 8.56. The smallest absolute Gasteiger partial charge is 0.226 e.